The van der Waals surface area contributed by atoms with Gasteiger partial charge in [0.25, 0.3) is 0 Å². The molecule has 7 nitrogen and oxygen atoms in total. The zero-order valence-electron chi connectivity index (χ0n) is 18.0. The van der Waals surface area contributed by atoms with Crippen molar-refractivity contribution in [1.82, 2.24) is 19.7 Å². The fourth-order valence-electron chi connectivity index (χ4n) is 3.29. The third-order valence-electron chi connectivity index (χ3n) is 4.70. The predicted octanol–water partition coefficient (Wildman–Crippen LogP) is 4.70. The fourth-order valence-corrected chi connectivity index (χ4v) is 3.29. The van der Waals surface area contributed by atoms with Gasteiger partial charge in [-0.3, -0.25) is 4.79 Å². The summed E-state index contributed by atoms with van der Waals surface area (Å²) in [4.78, 5) is 21.0. The molecule has 162 valence electrons. The average Bonchev–Trinajstić information content (AvgIpc) is 3.09. The topological polar surface area (TPSA) is 81.9 Å². The van der Waals surface area contributed by atoms with Crippen molar-refractivity contribution < 1.29 is 13.9 Å². The molecule has 4 aromatic rings. The second-order valence-corrected chi connectivity index (χ2v) is 7.39. The van der Waals surface area contributed by atoms with E-state index in [1.165, 1.54) is 6.07 Å². The smallest absolute Gasteiger partial charge is 0.228 e. The number of aromatic nitrogens is 4. The normalized spacial score (nSPS) is 10.8. The van der Waals surface area contributed by atoms with Crippen LogP contribution in [0.2, 0.25) is 0 Å². The summed E-state index contributed by atoms with van der Waals surface area (Å²) in [7, 11) is 0. The Labute approximate surface area is 184 Å². The Morgan fingerprint density at radius 2 is 1.78 bits per heavy atom. The zero-order valence-corrected chi connectivity index (χ0v) is 18.0. The van der Waals surface area contributed by atoms with Crippen LogP contribution in [0.15, 0.2) is 60.7 Å². The van der Waals surface area contributed by atoms with Crippen LogP contribution in [0.3, 0.4) is 0 Å². The van der Waals surface area contributed by atoms with Crippen LogP contribution in [0.4, 0.5) is 10.1 Å². The summed E-state index contributed by atoms with van der Waals surface area (Å²) < 4.78 is 21.4. The predicted molar refractivity (Wildman–Crippen MR) is 119 cm³/mol. The summed E-state index contributed by atoms with van der Waals surface area (Å²) in [5.74, 6) is 1.42. The Balaban J connectivity index is 1.44. The highest BCUT2D eigenvalue weighted by Gasteiger charge is 2.11. The Morgan fingerprint density at radius 1 is 1.03 bits per heavy atom. The van der Waals surface area contributed by atoms with Gasteiger partial charge in [0.1, 0.15) is 17.4 Å². The van der Waals surface area contributed by atoms with E-state index in [0.717, 1.165) is 11.4 Å². The minimum Gasteiger partial charge on any atom is -0.439 e. The van der Waals surface area contributed by atoms with Crippen molar-refractivity contribution in [2.75, 3.05) is 5.32 Å². The summed E-state index contributed by atoms with van der Waals surface area (Å²) in [6.07, 6.45) is -0.0414. The van der Waals surface area contributed by atoms with Gasteiger partial charge in [0.05, 0.1) is 12.1 Å². The van der Waals surface area contributed by atoms with Crippen LogP contribution in [-0.2, 0) is 11.2 Å². The van der Waals surface area contributed by atoms with Crippen molar-refractivity contribution in [2.24, 2.45) is 0 Å². The highest BCUT2D eigenvalue weighted by molar-refractivity contribution is 5.92. The van der Waals surface area contributed by atoms with E-state index in [9.17, 15) is 9.18 Å². The van der Waals surface area contributed by atoms with Crippen LogP contribution >= 0.6 is 0 Å². The van der Waals surface area contributed by atoms with Crippen molar-refractivity contribution in [2.45, 2.75) is 27.2 Å². The standard InChI is InChI=1S/C24H22FN5O2/c1-15-12-16(2)30(29-15)22-14-24(27-17(3)26-22)32-20-10-8-19(9-11-20)28-23(31)13-18-6-4-5-7-21(18)25/h4-12,14H,13H2,1-3H3,(H,28,31). The van der Waals surface area contributed by atoms with Crippen molar-refractivity contribution in [3.8, 4) is 17.4 Å². The molecule has 0 bridgehead atoms. The number of carbonyl (C=O) groups excluding carboxylic acids is 1. The van der Waals surface area contributed by atoms with Crippen LogP contribution in [0.25, 0.3) is 5.82 Å². The number of anilines is 1. The van der Waals surface area contributed by atoms with Crippen molar-refractivity contribution >= 4 is 11.6 Å². The number of hydrogen-bond donors (Lipinski definition) is 1. The molecule has 0 spiro atoms. The molecule has 2 heterocycles. The molecule has 0 aliphatic heterocycles. The molecule has 0 unspecified atom stereocenters. The van der Waals surface area contributed by atoms with Gasteiger partial charge in [-0.05, 0) is 62.7 Å². The van der Waals surface area contributed by atoms with Gasteiger partial charge in [0.2, 0.25) is 11.8 Å². The first-order valence-electron chi connectivity index (χ1n) is 10.1. The molecular weight excluding hydrogens is 409 g/mol. The van der Waals surface area contributed by atoms with Gasteiger partial charge < -0.3 is 10.1 Å². The maximum atomic E-state index is 13.7. The number of rotatable bonds is 6. The lowest BCUT2D eigenvalue weighted by atomic mass is 10.1. The number of halogens is 1. The summed E-state index contributed by atoms with van der Waals surface area (Å²) in [5, 5.41) is 7.21. The maximum Gasteiger partial charge on any atom is 0.228 e. The van der Waals surface area contributed by atoms with E-state index < -0.39 is 5.82 Å². The average molecular weight is 431 g/mol. The first kappa shape index (κ1) is 21.2. The largest absolute Gasteiger partial charge is 0.439 e. The molecular formula is C24H22FN5O2. The lowest BCUT2D eigenvalue weighted by Crippen LogP contribution is -2.15. The van der Waals surface area contributed by atoms with Crippen molar-refractivity contribution in [3.63, 3.8) is 0 Å². The van der Waals surface area contributed by atoms with E-state index in [2.05, 4.69) is 20.4 Å². The van der Waals surface area contributed by atoms with Crippen LogP contribution in [0.5, 0.6) is 11.6 Å². The minimum atomic E-state index is -0.397. The zero-order chi connectivity index (χ0) is 22.7. The number of nitrogens with zero attached hydrogens (tertiary/aromatic N) is 4. The highest BCUT2D eigenvalue weighted by atomic mass is 19.1. The molecule has 1 amide bonds. The molecule has 2 aromatic carbocycles. The third kappa shape index (κ3) is 4.97. The molecule has 0 aliphatic carbocycles. The van der Waals surface area contributed by atoms with Gasteiger partial charge in [-0.25, -0.2) is 14.1 Å². The van der Waals surface area contributed by atoms with E-state index in [1.54, 1.807) is 60.1 Å². The number of amides is 1. The summed E-state index contributed by atoms with van der Waals surface area (Å²) in [6, 6.07) is 16.8. The number of aryl methyl sites for hydroxylation is 3. The van der Waals surface area contributed by atoms with Gasteiger partial charge in [0, 0.05) is 17.4 Å². The number of ether oxygens (including phenoxy) is 1. The maximum absolute atomic E-state index is 13.7. The second kappa shape index (κ2) is 8.97. The van der Waals surface area contributed by atoms with E-state index in [1.807, 2.05) is 19.9 Å². The number of benzene rings is 2. The molecule has 0 saturated heterocycles. The van der Waals surface area contributed by atoms with Gasteiger partial charge >= 0.3 is 0 Å². The van der Waals surface area contributed by atoms with E-state index >= 15 is 0 Å². The Bertz CT molecular complexity index is 1270. The minimum absolute atomic E-state index is 0.0414. The quantitative estimate of drug-likeness (QED) is 0.479. The lowest BCUT2D eigenvalue weighted by molar-refractivity contribution is -0.115. The molecule has 0 radical (unpaired) electrons. The first-order chi connectivity index (χ1) is 15.4. The van der Waals surface area contributed by atoms with E-state index in [-0.39, 0.29) is 12.3 Å². The second-order valence-electron chi connectivity index (χ2n) is 7.39. The number of nitrogens with one attached hydrogen (secondary N) is 1. The molecule has 0 atom stereocenters. The lowest BCUT2D eigenvalue weighted by Gasteiger charge is -2.10. The van der Waals surface area contributed by atoms with Gasteiger partial charge in [-0.2, -0.15) is 10.1 Å². The van der Waals surface area contributed by atoms with Crippen molar-refractivity contribution in [1.29, 1.82) is 0 Å². The van der Waals surface area contributed by atoms with Crippen molar-refractivity contribution in [3.05, 3.63) is 89.3 Å². The molecule has 0 aliphatic rings. The Hall–Kier alpha value is -4.07. The molecule has 8 heteroatoms. The van der Waals surface area contributed by atoms with E-state index in [4.69, 9.17) is 4.74 Å². The van der Waals surface area contributed by atoms with Gasteiger partial charge in [-0.1, -0.05) is 18.2 Å². The summed E-state index contributed by atoms with van der Waals surface area (Å²) >= 11 is 0. The van der Waals surface area contributed by atoms with Crippen LogP contribution in [-0.4, -0.2) is 25.7 Å². The first-order valence-corrected chi connectivity index (χ1v) is 10.1. The Morgan fingerprint density at radius 3 is 2.47 bits per heavy atom. The molecule has 0 saturated carbocycles. The van der Waals surface area contributed by atoms with Gasteiger partial charge in [0.15, 0.2) is 5.82 Å². The SMILES string of the molecule is Cc1cc(C)n(-c2cc(Oc3ccc(NC(=O)Cc4ccccc4F)cc3)nc(C)n2)n1. The molecule has 2 aromatic heterocycles. The highest BCUT2D eigenvalue weighted by Crippen LogP contribution is 2.24. The molecule has 4 rings (SSSR count). The van der Waals surface area contributed by atoms with E-state index in [0.29, 0.717) is 34.5 Å². The van der Waals surface area contributed by atoms with Crippen LogP contribution in [0.1, 0.15) is 22.8 Å². The van der Waals surface area contributed by atoms with Crippen LogP contribution in [0, 0.1) is 26.6 Å². The van der Waals surface area contributed by atoms with Gasteiger partial charge in [-0.15, -0.1) is 0 Å². The number of hydrogen-bond acceptors (Lipinski definition) is 5. The summed E-state index contributed by atoms with van der Waals surface area (Å²) in [6.45, 7) is 5.67. The monoisotopic (exact) mass is 431 g/mol. The molecule has 1 N–H and O–H groups in total. The third-order valence-corrected chi connectivity index (χ3v) is 4.70. The molecule has 32 heavy (non-hydrogen) atoms. The summed E-state index contributed by atoms with van der Waals surface area (Å²) in [5.41, 5.74) is 2.79. The molecule has 0 fully saturated rings. The van der Waals surface area contributed by atoms with Crippen LogP contribution < -0.4 is 10.1 Å². The Kier molecular flexibility index (Phi) is 5.93. The fraction of sp³-hybridized carbons (Fsp3) is 0.167. The number of carbonyl (C=O) groups is 1.